The third-order valence-electron chi connectivity index (χ3n) is 4.26. The second-order valence-corrected chi connectivity index (χ2v) is 5.75. The Morgan fingerprint density at radius 1 is 0.923 bits per heavy atom. The summed E-state index contributed by atoms with van der Waals surface area (Å²) in [5.74, 6) is 0.456. The molecule has 0 bridgehead atoms. The highest BCUT2D eigenvalue weighted by molar-refractivity contribution is 5.93. The molecule has 26 heavy (non-hydrogen) atoms. The number of fused-ring (bicyclic) bond motifs is 2. The molecular weight excluding hydrogens is 328 g/mol. The van der Waals surface area contributed by atoms with Gasteiger partial charge in [0.25, 0.3) is 11.3 Å². The summed E-state index contributed by atoms with van der Waals surface area (Å²) in [7, 11) is 0. The Bertz CT molecular complexity index is 1290. The van der Waals surface area contributed by atoms with Crippen molar-refractivity contribution in [2.24, 2.45) is 0 Å². The summed E-state index contributed by atoms with van der Waals surface area (Å²) >= 11 is 0. The zero-order valence-electron chi connectivity index (χ0n) is 13.5. The van der Waals surface area contributed by atoms with E-state index in [9.17, 15) is 4.79 Å². The van der Waals surface area contributed by atoms with Crippen molar-refractivity contribution < 1.29 is 0 Å². The van der Waals surface area contributed by atoms with Gasteiger partial charge in [-0.05, 0) is 18.2 Å². The molecule has 0 unspecified atom stereocenters. The first-order valence-electron chi connectivity index (χ1n) is 8.04. The molecule has 1 aromatic carbocycles. The molecule has 0 saturated carbocycles. The predicted octanol–water partition coefficient (Wildman–Crippen LogP) is 2.49. The quantitative estimate of drug-likeness (QED) is 0.493. The predicted molar refractivity (Wildman–Crippen MR) is 97.1 cm³/mol. The number of aromatic nitrogens is 6. The fourth-order valence-electron chi connectivity index (χ4n) is 3.10. The summed E-state index contributed by atoms with van der Waals surface area (Å²) in [5, 5.41) is 4.77. The van der Waals surface area contributed by atoms with Crippen LogP contribution < -0.4 is 5.56 Å². The maximum absolute atomic E-state index is 13.3. The van der Waals surface area contributed by atoms with Crippen molar-refractivity contribution in [3.05, 3.63) is 83.8 Å². The van der Waals surface area contributed by atoms with Gasteiger partial charge in [0.1, 0.15) is 6.33 Å². The number of rotatable bonds is 2. The maximum Gasteiger partial charge on any atom is 0.266 e. The van der Waals surface area contributed by atoms with Gasteiger partial charge in [-0.1, -0.05) is 30.3 Å². The first kappa shape index (κ1) is 14.5. The molecule has 0 N–H and O–H groups in total. The largest absolute Gasteiger partial charge is 0.283 e. The SMILES string of the molecule is O=c1c2c(-c3ccccc3)n3ncnc3nc2ccn1-c1ccncc1. The Hall–Kier alpha value is -3.87. The van der Waals surface area contributed by atoms with Gasteiger partial charge in [0, 0.05) is 24.2 Å². The van der Waals surface area contributed by atoms with E-state index in [1.165, 1.54) is 6.33 Å². The fourth-order valence-corrected chi connectivity index (χ4v) is 3.10. The molecule has 7 heteroatoms. The smallest absolute Gasteiger partial charge is 0.266 e. The number of hydrogen-bond donors (Lipinski definition) is 0. The zero-order valence-corrected chi connectivity index (χ0v) is 13.5. The fraction of sp³-hybridized carbons (Fsp3) is 0. The van der Waals surface area contributed by atoms with Gasteiger partial charge in [-0.25, -0.2) is 4.98 Å². The van der Waals surface area contributed by atoms with Gasteiger partial charge in [-0.3, -0.25) is 14.3 Å². The minimum Gasteiger partial charge on any atom is -0.283 e. The highest BCUT2D eigenvalue weighted by Crippen LogP contribution is 2.25. The van der Waals surface area contributed by atoms with Crippen LogP contribution in [0.1, 0.15) is 0 Å². The Balaban J connectivity index is 1.95. The van der Waals surface area contributed by atoms with Gasteiger partial charge in [0.15, 0.2) is 0 Å². The highest BCUT2D eigenvalue weighted by Gasteiger charge is 2.17. The van der Waals surface area contributed by atoms with Crippen LogP contribution in [0.15, 0.2) is 78.2 Å². The van der Waals surface area contributed by atoms with E-state index in [1.807, 2.05) is 36.4 Å². The van der Waals surface area contributed by atoms with Gasteiger partial charge in [0.05, 0.1) is 22.3 Å². The van der Waals surface area contributed by atoms with Crippen LogP contribution in [0.2, 0.25) is 0 Å². The van der Waals surface area contributed by atoms with Crippen molar-refractivity contribution in [1.29, 1.82) is 0 Å². The first-order valence-corrected chi connectivity index (χ1v) is 8.04. The molecule has 0 saturated heterocycles. The third-order valence-corrected chi connectivity index (χ3v) is 4.26. The number of benzene rings is 1. The van der Waals surface area contributed by atoms with E-state index in [2.05, 4.69) is 20.1 Å². The van der Waals surface area contributed by atoms with Crippen LogP contribution in [-0.4, -0.2) is 29.1 Å². The number of hydrogen-bond acceptors (Lipinski definition) is 5. The Morgan fingerprint density at radius 3 is 2.54 bits per heavy atom. The van der Waals surface area contributed by atoms with Gasteiger partial charge in [-0.15, -0.1) is 0 Å². The average Bonchev–Trinajstić information content (AvgIpc) is 3.16. The van der Waals surface area contributed by atoms with Crippen LogP contribution >= 0.6 is 0 Å². The standard InChI is InChI=1S/C19H12N6O/c26-18-16-15(8-11-24(18)14-6-9-20-10-7-14)23-19-21-12-22-25(19)17(16)13-4-2-1-3-5-13/h1-12H. The van der Waals surface area contributed by atoms with Crippen LogP contribution in [0.3, 0.4) is 0 Å². The van der Waals surface area contributed by atoms with Gasteiger partial charge in [-0.2, -0.15) is 14.6 Å². The molecule has 4 heterocycles. The maximum atomic E-state index is 13.3. The molecule has 124 valence electrons. The van der Waals surface area contributed by atoms with Gasteiger partial charge in [0.2, 0.25) is 0 Å². The van der Waals surface area contributed by atoms with Crippen molar-refractivity contribution >= 4 is 16.7 Å². The lowest BCUT2D eigenvalue weighted by molar-refractivity contribution is 0.947. The Labute approximate surface area is 147 Å². The van der Waals surface area contributed by atoms with Crippen LogP contribution in [0.25, 0.3) is 33.6 Å². The minimum absolute atomic E-state index is 0.169. The molecule has 0 aliphatic carbocycles. The summed E-state index contributed by atoms with van der Waals surface area (Å²) < 4.78 is 3.19. The Kier molecular flexibility index (Phi) is 3.11. The lowest BCUT2D eigenvalue weighted by atomic mass is 10.1. The minimum atomic E-state index is -0.169. The average molecular weight is 340 g/mol. The molecule has 4 aromatic heterocycles. The van der Waals surface area contributed by atoms with Crippen molar-refractivity contribution in [2.45, 2.75) is 0 Å². The summed E-state index contributed by atoms with van der Waals surface area (Å²) in [6.45, 7) is 0. The van der Waals surface area contributed by atoms with E-state index < -0.39 is 0 Å². The van der Waals surface area contributed by atoms with Crippen LogP contribution in [0.4, 0.5) is 0 Å². The molecular formula is C19H12N6O. The van der Waals surface area contributed by atoms with E-state index in [1.54, 1.807) is 39.8 Å². The molecule has 0 spiro atoms. The second-order valence-electron chi connectivity index (χ2n) is 5.75. The zero-order chi connectivity index (χ0) is 17.5. The summed E-state index contributed by atoms with van der Waals surface area (Å²) in [6, 6.07) is 15.1. The van der Waals surface area contributed by atoms with Crippen LogP contribution in [-0.2, 0) is 0 Å². The molecule has 5 aromatic rings. The lowest BCUT2D eigenvalue weighted by Crippen LogP contribution is -2.20. The van der Waals surface area contributed by atoms with Crippen molar-refractivity contribution in [2.75, 3.05) is 0 Å². The molecule has 0 fully saturated rings. The van der Waals surface area contributed by atoms with Crippen LogP contribution in [0, 0.1) is 0 Å². The summed E-state index contributed by atoms with van der Waals surface area (Å²) in [5.41, 5.74) is 2.71. The van der Waals surface area contributed by atoms with E-state index >= 15 is 0 Å². The molecule has 0 aliphatic rings. The molecule has 5 rings (SSSR count). The van der Waals surface area contributed by atoms with E-state index in [4.69, 9.17) is 0 Å². The van der Waals surface area contributed by atoms with Crippen molar-refractivity contribution in [3.8, 4) is 16.9 Å². The van der Waals surface area contributed by atoms with Gasteiger partial charge >= 0.3 is 0 Å². The summed E-state index contributed by atoms with van der Waals surface area (Å²) in [4.78, 5) is 26.0. The number of pyridine rings is 2. The topological polar surface area (TPSA) is 78.0 Å². The van der Waals surface area contributed by atoms with Crippen LogP contribution in [0.5, 0.6) is 0 Å². The normalized spacial score (nSPS) is 11.2. The lowest BCUT2D eigenvalue weighted by Gasteiger charge is -2.11. The molecule has 0 radical (unpaired) electrons. The Morgan fingerprint density at radius 2 is 1.73 bits per heavy atom. The first-order chi connectivity index (χ1) is 12.8. The van der Waals surface area contributed by atoms with Crippen molar-refractivity contribution in [1.82, 2.24) is 29.1 Å². The van der Waals surface area contributed by atoms with E-state index in [-0.39, 0.29) is 5.56 Å². The highest BCUT2D eigenvalue weighted by atomic mass is 16.1. The third kappa shape index (κ3) is 2.11. The van der Waals surface area contributed by atoms with Gasteiger partial charge < -0.3 is 0 Å². The summed E-state index contributed by atoms with van der Waals surface area (Å²) in [6.07, 6.45) is 6.47. The monoisotopic (exact) mass is 340 g/mol. The molecule has 0 aliphatic heterocycles. The number of nitrogens with zero attached hydrogens (tertiary/aromatic N) is 6. The van der Waals surface area contributed by atoms with E-state index in [0.29, 0.717) is 22.4 Å². The van der Waals surface area contributed by atoms with Crippen molar-refractivity contribution in [3.63, 3.8) is 0 Å². The molecule has 0 amide bonds. The molecule has 7 nitrogen and oxygen atoms in total. The second kappa shape index (κ2) is 5.59. The molecule has 0 atom stereocenters. The van der Waals surface area contributed by atoms with E-state index in [0.717, 1.165) is 11.3 Å².